The standard InChI is InChI=1S/C22H23Cl2N5O4S/c23-14-3-6-19(16(24)9-14)34(32,33)28-11-17(25)21(30)29-18(8-13-2-1-7-26-10-13)22(31)27(12-20(28)29)15-4-5-15/h1-3,6-7,9-10,15,17-18,20H,4-5,8,11-12,25H2. The number of fused-ring (bicyclic) bond motifs is 1. The van der Waals surface area contributed by atoms with Crippen LogP contribution in [0.25, 0.3) is 0 Å². The smallest absolute Gasteiger partial charge is 0.246 e. The number of hydrogen-bond donors (Lipinski definition) is 1. The Morgan fingerprint density at radius 3 is 2.50 bits per heavy atom. The third-order valence-electron chi connectivity index (χ3n) is 6.49. The normalized spacial score (nSPS) is 26.0. The SMILES string of the molecule is NC1CN(S(=O)(=O)c2ccc(Cl)cc2Cl)C2CN(C3CC3)C(=O)C(Cc3cccnc3)N2C1=O. The van der Waals surface area contributed by atoms with E-state index in [9.17, 15) is 18.0 Å². The van der Waals surface area contributed by atoms with Crippen LogP contribution < -0.4 is 5.73 Å². The minimum absolute atomic E-state index is 0.0256. The summed E-state index contributed by atoms with van der Waals surface area (Å²) >= 11 is 12.2. The van der Waals surface area contributed by atoms with E-state index in [4.69, 9.17) is 28.9 Å². The lowest BCUT2D eigenvalue weighted by atomic mass is 9.98. The molecule has 0 bridgehead atoms. The van der Waals surface area contributed by atoms with Gasteiger partial charge in [0, 0.05) is 36.4 Å². The molecule has 12 heteroatoms. The van der Waals surface area contributed by atoms with Crippen molar-refractivity contribution in [3.05, 3.63) is 58.3 Å². The number of amides is 2. The fourth-order valence-corrected chi connectivity index (χ4v) is 7.04. The van der Waals surface area contributed by atoms with Crippen molar-refractivity contribution in [1.82, 2.24) is 19.1 Å². The average molecular weight is 524 g/mol. The Hall–Kier alpha value is -2.24. The lowest BCUT2D eigenvalue weighted by Crippen LogP contribution is -2.75. The van der Waals surface area contributed by atoms with Crippen molar-refractivity contribution in [1.29, 1.82) is 0 Å². The molecular formula is C22H23Cl2N5O4S. The Morgan fingerprint density at radius 1 is 1.09 bits per heavy atom. The average Bonchev–Trinajstić information content (AvgIpc) is 3.63. The summed E-state index contributed by atoms with van der Waals surface area (Å²) in [5.41, 5.74) is 6.90. The van der Waals surface area contributed by atoms with Gasteiger partial charge in [0.15, 0.2) is 0 Å². The molecule has 3 fully saturated rings. The van der Waals surface area contributed by atoms with Crippen molar-refractivity contribution in [2.24, 2.45) is 5.73 Å². The summed E-state index contributed by atoms with van der Waals surface area (Å²) in [6, 6.07) is 5.75. The number of rotatable bonds is 5. The predicted molar refractivity (Wildman–Crippen MR) is 125 cm³/mol. The Kier molecular flexibility index (Phi) is 6.06. The quantitative estimate of drug-likeness (QED) is 0.634. The number of sulfonamides is 1. The molecule has 1 aromatic carbocycles. The molecule has 2 aliphatic heterocycles. The zero-order valence-electron chi connectivity index (χ0n) is 18.0. The van der Waals surface area contributed by atoms with Crippen molar-refractivity contribution in [3.8, 4) is 0 Å². The molecule has 9 nitrogen and oxygen atoms in total. The number of nitrogens with two attached hydrogens (primary N) is 1. The highest BCUT2D eigenvalue weighted by Gasteiger charge is 2.55. The third-order valence-corrected chi connectivity index (χ3v) is 9.07. The van der Waals surface area contributed by atoms with Gasteiger partial charge in [0.2, 0.25) is 21.8 Å². The monoisotopic (exact) mass is 523 g/mol. The molecule has 3 unspecified atom stereocenters. The summed E-state index contributed by atoms with van der Waals surface area (Å²) in [5.74, 6) is -0.650. The first-order valence-electron chi connectivity index (χ1n) is 10.9. The van der Waals surface area contributed by atoms with E-state index in [2.05, 4.69) is 4.98 Å². The Balaban J connectivity index is 1.58. The Labute approximate surface area is 207 Å². The van der Waals surface area contributed by atoms with Crippen molar-refractivity contribution in [2.45, 2.75) is 48.4 Å². The van der Waals surface area contributed by atoms with Crippen LogP contribution >= 0.6 is 23.2 Å². The van der Waals surface area contributed by atoms with Crippen LogP contribution in [0.1, 0.15) is 18.4 Å². The van der Waals surface area contributed by atoms with Gasteiger partial charge in [-0.15, -0.1) is 0 Å². The van der Waals surface area contributed by atoms with Gasteiger partial charge in [-0.05, 0) is 42.7 Å². The number of aromatic nitrogens is 1. The van der Waals surface area contributed by atoms with E-state index in [0.29, 0.717) is 5.02 Å². The van der Waals surface area contributed by atoms with E-state index in [-0.39, 0.29) is 41.4 Å². The van der Waals surface area contributed by atoms with Crippen molar-refractivity contribution in [2.75, 3.05) is 13.1 Å². The zero-order chi connectivity index (χ0) is 24.2. The first-order chi connectivity index (χ1) is 16.2. The third kappa shape index (κ3) is 4.07. The van der Waals surface area contributed by atoms with Gasteiger partial charge in [-0.3, -0.25) is 14.6 Å². The van der Waals surface area contributed by atoms with Crippen LogP contribution in [0, 0.1) is 0 Å². The molecule has 0 spiro atoms. The number of halogens is 2. The molecule has 1 saturated carbocycles. The molecule has 2 N–H and O–H groups in total. The predicted octanol–water partition coefficient (Wildman–Crippen LogP) is 1.49. The minimum Gasteiger partial charge on any atom is -0.334 e. The molecule has 0 radical (unpaired) electrons. The molecule has 3 heterocycles. The fraction of sp³-hybridized carbons (Fsp3) is 0.409. The fourth-order valence-electron chi connectivity index (χ4n) is 4.70. The van der Waals surface area contributed by atoms with Crippen LogP contribution in [0.2, 0.25) is 10.0 Å². The van der Waals surface area contributed by atoms with Crippen molar-refractivity contribution in [3.63, 3.8) is 0 Å². The number of piperazine rings is 1. The van der Waals surface area contributed by atoms with Gasteiger partial charge in [0.05, 0.1) is 17.6 Å². The molecule has 180 valence electrons. The Bertz CT molecular complexity index is 1240. The molecule has 1 aromatic heterocycles. The summed E-state index contributed by atoms with van der Waals surface area (Å²) in [6.45, 7) is -0.135. The van der Waals surface area contributed by atoms with Crippen LogP contribution in [0.3, 0.4) is 0 Å². The highest BCUT2D eigenvalue weighted by Crippen LogP contribution is 2.37. The number of hydrogen-bond acceptors (Lipinski definition) is 6. The number of carbonyl (C=O) groups is 2. The largest absolute Gasteiger partial charge is 0.334 e. The highest BCUT2D eigenvalue weighted by molar-refractivity contribution is 7.89. The molecule has 2 saturated heterocycles. The molecule has 2 aromatic rings. The maximum atomic E-state index is 13.8. The first kappa shape index (κ1) is 23.5. The number of carbonyl (C=O) groups excluding carboxylic acids is 2. The van der Waals surface area contributed by atoms with E-state index in [0.717, 1.165) is 18.4 Å². The van der Waals surface area contributed by atoms with Crippen LogP contribution in [0.15, 0.2) is 47.6 Å². The summed E-state index contributed by atoms with van der Waals surface area (Å²) < 4.78 is 28.7. The van der Waals surface area contributed by atoms with E-state index >= 15 is 0 Å². The summed E-state index contributed by atoms with van der Waals surface area (Å²) in [6.07, 6.45) is 4.26. The van der Waals surface area contributed by atoms with E-state index in [1.807, 2.05) is 6.07 Å². The highest BCUT2D eigenvalue weighted by atomic mass is 35.5. The second-order valence-electron chi connectivity index (χ2n) is 8.79. The van der Waals surface area contributed by atoms with Gasteiger partial charge in [0.1, 0.15) is 17.1 Å². The number of benzene rings is 1. The summed E-state index contributed by atoms with van der Waals surface area (Å²) in [4.78, 5) is 33.8. The van der Waals surface area contributed by atoms with E-state index in [1.165, 1.54) is 27.4 Å². The van der Waals surface area contributed by atoms with Gasteiger partial charge in [0.25, 0.3) is 0 Å². The molecular weight excluding hydrogens is 501 g/mol. The summed E-state index contributed by atoms with van der Waals surface area (Å²) in [7, 11) is -4.16. The zero-order valence-corrected chi connectivity index (χ0v) is 20.4. The summed E-state index contributed by atoms with van der Waals surface area (Å²) in [5, 5.41) is 0.276. The lowest BCUT2D eigenvalue weighted by molar-refractivity contribution is -0.166. The number of nitrogens with zero attached hydrogens (tertiary/aromatic N) is 4. The second-order valence-corrected chi connectivity index (χ2v) is 11.5. The van der Waals surface area contributed by atoms with E-state index in [1.54, 1.807) is 23.4 Å². The Morgan fingerprint density at radius 2 is 1.85 bits per heavy atom. The lowest BCUT2D eigenvalue weighted by Gasteiger charge is -2.53. The van der Waals surface area contributed by atoms with Gasteiger partial charge in [-0.25, -0.2) is 8.42 Å². The minimum atomic E-state index is -4.16. The van der Waals surface area contributed by atoms with Crippen molar-refractivity contribution >= 4 is 45.0 Å². The molecule has 3 atom stereocenters. The molecule has 1 aliphatic carbocycles. The molecule has 3 aliphatic rings. The number of pyridine rings is 1. The molecule has 34 heavy (non-hydrogen) atoms. The maximum Gasteiger partial charge on any atom is 0.246 e. The topological polar surface area (TPSA) is 117 Å². The maximum absolute atomic E-state index is 13.8. The molecule has 5 rings (SSSR count). The van der Waals surface area contributed by atoms with Crippen LogP contribution in [0.4, 0.5) is 0 Å². The van der Waals surface area contributed by atoms with Crippen LogP contribution in [-0.4, -0.2) is 76.7 Å². The molecule has 2 amide bonds. The second kappa shape index (κ2) is 8.76. The van der Waals surface area contributed by atoms with Gasteiger partial charge in [-0.2, -0.15) is 4.31 Å². The van der Waals surface area contributed by atoms with Gasteiger partial charge < -0.3 is 15.5 Å². The van der Waals surface area contributed by atoms with Gasteiger partial charge in [-0.1, -0.05) is 29.3 Å². The van der Waals surface area contributed by atoms with E-state index < -0.39 is 34.2 Å². The van der Waals surface area contributed by atoms with Crippen LogP contribution in [0.5, 0.6) is 0 Å². The van der Waals surface area contributed by atoms with Crippen molar-refractivity contribution < 1.29 is 18.0 Å². The van der Waals surface area contributed by atoms with Crippen LogP contribution in [-0.2, 0) is 26.0 Å². The first-order valence-corrected chi connectivity index (χ1v) is 13.1. The van der Waals surface area contributed by atoms with Gasteiger partial charge >= 0.3 is 0 Å².